The van der Waals surface area contributed by atoms with Crippen LogP contribution in [0.15, 0.2) is 24.3 Å². The molecular formula is C16H26N2O. The first-order chi connectivity index (χ1) is 9.08. The summed E-state index contributed by atoms with van der Waals surface area (Å²) >= 11 is 0. The summed E-state index contributed by atoms with van der Waals surface area (Å²) < 4.78 is 0. The van der Waals surface area contributed by atoms with E-state index in [0.717, 1.165) is 30.6 Å². The topological polar surface area (TPSA) is 41.1 Å². The third-order valence-electron chi connectivity index (χ3n) is 3.32. The Labute approximate surface area is 116 Å². The monoisotopic (exact) mass is 262 g/mol. The minimum Gasteiger partial charge on any atom is -0.382 e. The molecule has 0 atom stereocenters. The zero-order valence-corrected chi connectivity index (χ0v) is 12.5. The molecule has 3 heteroatoms. The maximum Gasteiger partial charge on any atom is 0.253 e. The number of amides is 1. The molecule has 106 valence electrons. The first-order valence-electron chi connectivity index (χ1n) is 7.22. The van der Waals surface area contributed by atoms with Gasteiger partial charge in [0.15, 0.2) is 0 Å². The standard InChI is InChI=1S/C16H26N2O/c1-5-13(6-2)11-17-16(19)14-9-7-8-10-15(14)18-12(3)4/h7-10,12-13,18H,5-6,11H2,1-4H3,(H,17,19). The average Bonchev–Trinajstić information content (AvgIpc) is 2.39. The van der Waals surface area contributed by atoms with Gasteiger partial charge in [0.05, 0.1) is 5.56 Å². The second-order valence-electron chi connectivity index (χ2n) is 5.24. The number of carbonyl (C=O) groups is 1. The van der Waals surface area contributed by atoms with E-state index in [2.05, 4.69) is 38.3 Å². The Hall–Kier alpha value is -1.51. The van der Waals surface area contributed by atoms with E-state index in [1.54, 1.807) is 0 Å². The van der Waals surface area contributed by atoms with Crippen LogP contribution in [0.5, 0.6) is 0 Å². The largest absolute Gasteiger partial charge is 0.382 e. The molecule has 0 saturated carbocycles. The summed E-state index contributed by atoms with van der Waals surface area (Å²) in [5.74, 6) is 0.574. The highest BCUT2D eigenvalue weighted by Gasteiger charge is 2.12. The number of carbonyl (C=O) groups excluding carboxylic acids is 1. The van der Waals surface area contributed by atoms with Crippen LogP contribution < -0.4 is 10.6 Å². The van der Waals surface area contributed by atoms with E-state index in [9.17, 15) is 4.79 Å². The predicted octanol–water partition coefficient (Wildman–Crippen LogP) is 3.67. The van der Waals surface area contributed by atoms with Gasteiger partial charge in [0, 0.05) is 18.3 Å². The van der Waals surface area contributed by atoms with Crippen molar-refractivity contribution in [2.24, 2.45) is 5.92 Å². The van der Waals surface area contributed by atoms with Crippen molar-refractivity contribution in [1.82, 2.24) is 5.32 Å². The third-order valence-corrected chi connectivity index (χ3v) is 3.32. The molecule has 0 bridgehead atoms. The number of nitrogens with one attached hydrogen (secondary N) is 2. The molecule has 0 aliphatic carbocycles. The molecule has 1 aromatic rings. The number of para-hydroxylation sites is 1. The van der Waals surface area contributed by atoms with Crippen LogP contribution in [0.25, 0.3) is 0 Å². The Balaban J connectivity index is 2.71. The molecule has 1 aromatic carbocycles. The highest BCUT2D eigenvalue weighted by atomic mass is 16.1. The minimum atomic E-state index is 0.00986. The fourth-order valence-electron chi connectivity index (χ4n) is 2.03. The van der Waals surface area contributed by atoms with E-state index in [-0.39, 0.29) is 5.91 Å². The van der Waals surface area contributed by atoms with Crippen LogP contribution in [0.1, 0.15) is 50.9 Å². The molecule has 1 amide bonds. The van der Waals surface area contributed by atoms with Crippen LogP contribution in [0.2, 0.25) is 0 Å². The summed E-state index contributed by atoms with van der Waals surface area (Å²) in [5, 5.41) is 6.34. The fourth-order valence-corrected chi connectivity index (χ4v) is 2.03. The fraction of sp³-hybridized carbons (Fsp3) is 0.562. The maximum atomic E-state index is 12.2. The maximum absolute atomic E-state index is 12.2. The van der Waals surface area contributed by atoms with Crippen molar-refractivity contribution < 1.29 is 4.79 Å². The van der Waals surface area contributed by atoms with Gasteiger partial charge in [-0.2, -0.15) is 0 Å². The van der Waals surface area contributed by atoms with Crippen LogP contribution in [-0.2, 0) is 0 Å². The number of anilines is 1. The van der Waals surface area contributed by atoms with Gasteiger partial charge < -0.3 is 10.6 Å². The molecule has 2 N–H and O–H groups in total. The number of benzene rings is 1. The summed E-state index contributed by atoms with van der Waals surface area (Å²) in [4.78, 5) is 12.2. The highest BCUT2D eigenvalue weighted by Crippen LogP contribution is 2.16. The van der Waals surface area contributed by atoms with Crippen molar-refractivity contribution in [3.05, 3.63) is 29.8 Å². The summed E-state index contributed by atoms with van der Waals surface area (Å²) in [5.41, 5.74) is 1.63. The average molecular weight is 262 g/mol. The molecule has 3 nitrogen and oxygen atoms in total. The normalized spacial score (nSPS) is 10.8. The molecule has 19 heavy (non-hydrogen) atoms. The van der Waals surface area contributed by atoms with Crippen molar-refractivity contribution in [1.29, 1.82) is 0 Å². The lowest BCUT2D eigenvalue weighted by molar-refractivity contribution is 0.0947. The number of rotatable bonds is 7. The molecule has 0 aliphatic heterocycles. The first-order valence-corrected chi connectivity index (χ1v) is 7.22. The molecule has 0 aromatic heterocycles. The van der Waals surface area contributed by atoms with E-state index in [1.807, 2.05) is 24.3 Å². The Bertz CT molecular complexity index is 397. The summed E-state index contributed by atoms with van der Waals surface area (Å²) in [6.45, 7) is 9.21. The molecule has 0 radical (unpaired) electrons. The van der Waals surface area contributed by atoms with E-state index in [4.69, 9.17) is 0 Å². The Morgan fingerprint density at radius 2 is 1.79 bits per heavy atom. The summed E-state index contributed by atoms with van der Waals surface area (Å²) in [6.07, 6.45) is 2.20. The Morgan fingerprint density at radius 1 is 1.16 bits per heavy atom. The van der Waals surface area contributed by atoms with Gasteiger partial charge >= 0.3 is 0 Å². The number of hydrogen-bond acceptors (Lipinski definition) is 2. The lowest BCUT2D eigenvalue weighted by Gasteiger charge is -2.16. The Kier molecular flexibility index (Phi) is 6.40. The smallest absolute Gasteiger partial charge is 0.253 e. The second-order valence-corrected chi connectivity index (χ2v) is 5.24. The zero-order valence-electron chi connectivity index (χ0n) is 12.5. The van der Waals surface area contributed by atoms with Gasteiger partial charge in [0.1, 0.15) is 0 Å². The van der Waals surface area contributed by atoms with Gasteiger partial charge in [-0.1, -0.05) is 38.8 Å². The molecule has 0 heterocycles. The molecule has 0 aliphatic rings. The van der Waals surface area contributed by atoms with Gasteiger partial charge in [0.25, 0.3) is 5.91 Å². The van der Waals surface area contributed by atoms with Crippen molar-refractivity contribution in [2.75, 3.05) is 11.9 Å². The predicted molar refractivity (Wildman–Crippen MR) is 81.6 cm³/mol. The van der Waals surface area contributed by atoms with Crippen LogP contribution >= 0.6 is 0 Å². The SMILES string of the molecule is CCC(CC)CNC(=O)c1ccccc1NC(C)C. The van der Waals surface area contributed by atoms with Crippen molar-refractivity contribution >= 4 is 11.6 Å². The van der Waals surface area contributed by atoms with Crippen molar-refractivity contribution in [2.45, 2.75) is 46.6 Å². The highest BCUT2D eigenvalue weighted by molar-refractivity contribution is 5.99. The van der Waals surface area contributed by atoms with Crippen LogP contribution in [0, 0.1) is 5.92 Å². The first kappa shape index (κ1) is 15.5. The molecule has 0 spiro atoms. The van der Waals surface area contributed by atoms with Crippen LogP contribution in [-0.4, -0.2) is 18.5 Å². The minimum absolute atomic E-state index is 0.00986. The summed E-state index contributed by atoms with van der Waals surface area (Å²) in [6, 6.07) is 7.98. The van der Waals surface area contributed by atoms with Crippen LogP contribution in [0.3, 0.4) is 0 Å². The lowest BCUT2D eigenvalue weighted by atomic mass is 10.0. The van der Waals surface area contributed by atoms with Gasteiger partial charge in [-0.25, -0.2) is 0 Å². The van der Waals surface area contributed by atoms with Crippen molar-refractivity contribution in [3.8, 4) is 0 Å². The molecule has 0 fully saturated rings. The number of hydrogen-bond donors (Lipinski definition) is 2. The summed E-state index contributed by atoms with van der Waals surface area (Å²) in [7, 11) is 0. The van der Waals surface area contributed by atoms with Crippen LogP contribution in [0.4, 0.5) is 5.69 Å². The van der Waals surface area contributed by atoms with Gasteiger partial charge in [-0.05, 0) is 31.9 Å². The van der Waals surface area contributed by atoms with Crippen molar-refractivity contribution in [3.63, 3.8) is 0 Å². The third kappa shape index (κ3) is 4.93. The lowest BCUT2D eigenvalue weighted by Crippen LogP contribution is -2.29. The Morgan fingerprint density at radius 3 is 2.37 bits per heavy atom. The van der Waals surface area contributed by atoms with E-state index < -0.39 is 0 Å². The van der Waals surface area contributed by atoms with E-state index in [0.29, 0.717) is 12.0 Å². The molecular weight excluding hydrogens is 236 g/mol. The van der Waals surface area contributed by atoms with Gasteiger partial charge in [-0.15, -0.1) is 0 Å². The second kappa shape index (κ2) is 7.82. The molecule has 0 unspecified atom stereocenters. The zero-order chi connectivity index (χ0) is 14.3. The quantitative estimate of drug-likeness (QED) is 0.787. The van der Waals surface area contributed by atoms with E-state index in [1.165, 1.54) is 0 Å². The van der Waals surface area contributed by atoms with E-state index >= 15 is 0 Å². The van der Waals surface area contributed by atoms with Gasteiger partial charge in [-0.3, -0.25) is 4.79 Å². The molecule has 1 rings (SSSR count). The van der Waals surface area contributed by atoms with Gasteiger partial charge in [0.2, 0.25) is 0 Å². The molecule has 0 saturated heterocycles.